The Morgan fingerprint density at radius 3 is 2.33 bits per heavy atom. The van der Waals surface area contributed by atoms with Gasteiger partial charge in [-0.15, -0.1) is 0 Å². The quantitative estimate of drug-likeness (QED) is 0.367. The van der Waals surface area contributed by atoms with Crippen LogP contribution in [0.4, 0.5) is 10.1 Å². The summed E-state index contributed by atoms with van der Waals surface area (Å²) in [7, 11) is 3.02. The van der Waals surface area contributed by atoms with Crippen molar-refractivity contribution in [2.24, 2.45) is 0 Å². The number of anilines is 1. The standard InChI is InChI=1S/C28H25FN2O5/c1-4-17-5-11-23-21(13-17)28(34)22(27(33)18-6-8-19(29)9-7-18)15-31(23)16-26(32)30-20-10-12-24(35-2)25(14-20)36-3/h5-15H,4,16H2,1-3H3,(H,30,32). The maximum absolute atomic E-state index is 13.4. The zero-order chi connectivity index (χ0) is 25.8. The first-order valence-electron chi connectivity index (χ1n) is 11.3. The van der Waals surface area contributed by atoms with Crippen molar-refractivity contribution < 1.29 is 23.5 Å². The number of ketones is 1. The number of hydrogen-bond donors (Lipinski definition) is 1. The van der Waals surface area contributed by atoms with Crippen LogP contribution in [0.5, 0.6) is 11.5 Å². The lowest BCUT2D eigenvalue weighted by atomic mass is 10.0. The summed E-state index contributed by atoms with van der Waals surface area (Å²) >= 11 is 0. The van der Waals surface area contributed by atoms with Crippen LogP contribution in [0, 0.1) is 5.82 Å². The van der Waals surface area contributed by atoms with Crippen LogP contribution in [-0.4, -0.2) is 30.5 Å². The van der Waals surface area contributed by atoms with E-state index in [4.69, 9.17) is 9.47 Å². The number of halogens is 1. The van der Waals surface area contributed by atoms with Gasteiger partial charge in [-0.05, 0) is 60.5 Å². The minimum atomic E-state index is -0.544. The number of rotatable bonds is 8. The van der Waals surface area contributed by atoms with Crippen molar-refractivity contribution >= 4 is 28.3 Å². The third-order valence-corrected chi connectivity index (χ3v) is 5.89. The lowest BCUT2D eigenvalue weighted by Gasteiger charge is -2.15. The van der Waals surface area contributed by atoms with E-state index in [-0.39, 0.29) is 23.6 Å². The minimum Gasteiger partial charge on any atom is -0.493 e. The number of fused-ring (bicyclic) bond motifs is 1. The molecule has 4 rings (SSSR count). The third-order valence-electron chi connectivity index (χ3n) is 5.89. The molecule has 0 aliphatic carbocycles. The second-order valence-electron chi connectivity index (χ2n) is 8.16. The van der Waals surface area contributed by atoms with Crippen molar-refractivity contribution in [2.75, 3.05) is 19.5 Å². The molecule has 7 nitrogen and oxygen atoms in total. The van der Waals surface area contributed by atoms with E-state index in [1.54, 1.807) is 34.9 Å². The maximum atomic E-state index is 13.4. The largest absolute Gasteiger partial charge is 0.493 e. The molecule has 0 bridgehead atoms. The number of carbonyl (C=O) groups excluding carboxylic acids is 2. The number of methoxy groups -OCH3 is 2. The van der Waals surface area contributed by atoms with E-state index < -0.39 is 17.0 Å². The first kappa shape index (κ1) is 24.7. The fraction of sp³-hybridized carbons (Fsp3) is 0.179. The van der Waals surface area contributed by atoms with E-state index in [1.807, 2.05) is 13.0 Å². The highest BCUT2D eigenvalue weighted by Gasteiger charge is 2.19. The molecule has 0 fully saturated rings. The van der Waals surface area contributed by atoms with Crippen molar-refractivity contribution in [3.05, 3.63) is 99.6 Å². The van der Waals surface area contributed by atoms with Crippen molar-refractivity contribution in [1.82, 2.24) is 4.57 Å². The lowest BCUT2D eigenvalue weighted by molar-refractivity contribution is -0.116. The third kappa shape index (κ3) is 4.98. The molecule has 0 atom stereocenters. The summed E-state index contributed by atoms with van der Waals surface area (Å²) in [5, 5.41) is 3.14. The molecule has 1 amide bonds. The molecule has 184 valence electrons. The molecule has 36 heavy (non-hydrogen) atoms. The highest BCUT2D eigenvalue weighted by atomic mass is 19.1. The number of carbonyl (C=O) groups is 2. The SMILES string of the molecule is CCc1ccc2c(c1)c(=O)c(C(=O)c1ccc(F)cc1)cn2CC(=O)Nc1ccc(OC)c(OC)c1. The van der Waals surface area contributed by atoms with Gasteiger partial charge in [0.1, 0.15) is 12.4 Å². The highest BCUT2D eigenvalue weighted by Crippen LogP contribution is 2.29. The van der Waals surface area contributed by atoms with Crippen LogP contribution in [0.15, 0.2) is 71.7 Å². The molecule has 0 radical (unpaired) electrons. The molecule has 0 aliphatic heterocycles. The van der Waals surface area contributed by atoms with Crippen molar-refractivity contribution in [1.29, 1.82) is 0 Å². The molecule has 8 heteroatoms. The van der Waals surface area contributed by atoms with Crippen molar-refractivity contribution in [3.8, 4) is 11.5 Å². The van der Waals surface area contributed by atoms with Crippen LogP contribution in [0.25, 0.3) is 10.9 Å². The topological polar surface area (TPSA) is 86.6 Å². The smallest absolute Gasteiger partial charge is 0.244 e. The van der Waals surface area contributed by atoms with Gasteiger partial charge in [0.25, 0.3) is 0 Å². The van der Waals surface area contributed by atoms with Crippen LogP contribution < -0.4 is 20.2 Å². The predicted octanol–water partition coefficient (Wildman–Crippen LogP) is 4.59. The van der Waals surface area contributed by atoms with Crippen LogP contribution in [0.1, 0.15) is 28.4 Å². The average Bonchev–Trinajstić information content (AvgIpc) is 2.89. The van der Waals surface area contributed by atoms with Crippen LogP contribution in [0.2, 0.25) is 0 Å². The summed E-state index contributed by atoms with van der Waals surface area (Å²) in [6, 6.07) is 15.4. The molecule has 1 heterocycles. The number of benzene rings is 3. The number of nitrogens with zero attached hydrogens (tertiary/aromatic N) is 1. The first-order valence-corrected chi connectivity index (χ1v) is 11.3. The number of amides is 1. The van der Waals surface area contributed by atoms with Gasteiger partial charge in [0.15, 0.2) is 17.3 Å². The van der Waals surface area contributed by atoms with E-state index in [1.165, 1.54) is 44.7 Å². The van der Waals surface area contributed by atoms with E-state index in [9.17, 15) is 18.8 Å². The molecular weight excluding hydrogens is 463 g/mol. The normalized spacial score (nSPS) is 10.8. The van der Waals surface area contributed by atoms with Gasteiger partial charge in [-0.3, -0.25) is 14.4 Å². The number of nitrogens with one attached hydrogen (secondary N) is 1. The second kappa shape index (κ2) is 10.4. The van der Waals surface area contributed by atoms with Crippen LogP contribution in [0.3, 0.4) is 0 Å². The molecule has 0 saturated carbocycles. The Kier molecular flexibility index (Phi) is 7.15. The number of aryl methyl sites for hydroxylation is 1. The van der Waals surface area contributed by atoms with Gasteiger partial charge >= 0.3 is 0 Å². The summed E-state index contributed by atoms with van der Waals surface area (Å²) in [6.07, 6.45) is 2.08. The summed E-state index contributed by atoms with van der Waals surface area (Å²) in [6.45, 7) is 1.81. The zero-order valence-electron chi connectivity index (χ0n) is 20.1. The average molecular weight is 489 g/mol. The Morgan fingerprint density at radius 1 is 0.944 bits per heavy atom. The molecule has 0 spiro atoms. The fourth-order valence-corrected chi connectivity index (χ4v) is 3.98. The Morgan fingerprint density at radius 2 is 1.67 bits per heavy atom. The summed E-state index contributed by atoms with van der Waals surface area (Å²) in [5.74, 6) is -0.410. The Labute approximate surface area is 207 Å². The number of hydrogen-bond acceptors (Lipinski definition) is 5. The van der Waals surface area contributed by atoms with Crippen LogP contribution >= 0.6 is 0 Å². The van der Waals surface area contributed by atoms with Gasteiger partial charge in [-0.2, -0.15) is 0 Å². The minimum absolute atomic E-state index is 0.0960. The van der Waals surface area contributed by atoms with E-state index in [0.29, 0.717) is 34.5 Å². The van der Waals surface area contributed by atoms with Gasteiger partial charge in [-0.1, -0.05) is 13.0 Å². The molecule has 4 aromatic rings. The van der Waals surface area contributed by atoms with E-state index in [0.717, 1.165) is 5.56 Å². The molecule has 3 aromatic carbocycles. The summed E-state index contributed by atoms with van der Waals surface area (Å²) in [5.41, 5.74) is 1.59. The van der Waals surface area contributed by atoms with E-state index in [2.05, 4.69) is 5.32 Å². The van der Waals surface area contributed by atoms with Gasteiger partial charge in [0, 0.05) is 28.9 Å². The second-order valence-corrected chi connectivity index (χ2v) is 8.16. The van der Waals surface area contributed by atoms with Crippen molar-refractivity contribution in [3.63, 3.8) is 0 Å². The molecule has 0 saturated heterocycles. The number of ether oxygens (including phenoxy) is 2. The van der Waals surface area contributed by atoms with Gasteiger partial charge in [-0.25, -0.2) is 4.39 Å². The first-order chi connectivity index (χ1) is 17.3. The van der Waals surface area contributed by atoms with Crippen LogP contribution in [-0.2, 0) is 17.8 Å². The Hall–Kier alpha value is -4.46. The highest BCUT2D eigenvalue weighted by molar-refractivity contribution is 6.10. The molecule has 1 aromatic heterocycles. The molecule has 1 N–H and O–H groups in total. The molecular formula is C28H25FN2O5. The van der Waals surface area contributed by atoms with E-state index >= 15 is 0 Å². The van der Waals surface area contributed by atoms with Gasteiger partial charge < -0.3 is 19.4 Å². The fourth-order valence-electron chi connectivity index (χ4n) is 3.98. The Bertz CT molecular complexity index is 1510. The summed E-state index contributed by atoms with van der Waals surface area (Å²) < 4.78 is 25.4. The Balaban J connectivity index is 1.73. The lowest BCUT2D eigenvalue weighted by Crippen LogP contribution is -2.24. The summed E-state index contributed by atoms with van der Waals surface area (Å²) in [4.78, 5) is 39.4. The molecule has 0 aliphatic rings. The molecule has 0 unspecified atom stereocenters. The monoisotopic (exact) mass is 488 g/mol. The predicted molar refractivity (Wildman–Crippen MR) is 136 cm³/mol. The van der Waals surface area contributed by atoms with Gasteiger partial charge in [0.2, 0.25) is 11.3 Å². The van der Waals surface area contributed by atoms with Gasteiger partial charge in [0.05, 0.1) is 25.3 Å². The maximum Gasteiger partial charge on any atom is 0.244 e. The zero-order valence-corrected chi connectivity index (χ0v) is 20.1. The number of aromatic nitrogens is 1. The van der Waals surface area contributed by atoms with Crippen molar-refractivity contribution in [2.45, 2.75) is 19.9 Å². The number of pyridine rings is 1.